The number of hydrogen-bond donors (Lipinski definition) is 2. The van der Waals surface area contributed by atoms with E-state index in [0.717, 1.165) is 29.5 Å². The minimum atomic E-state index is 0.111. The molecule has 0 amide bonds. The molecule has 0 saturated heterocycles. The van der Waals surface area contributed by atoms with Gasteiger partial charge in [-0.2, -0.15) is 4.98 Å². The molecule has 3 aromatic rings. The summed E-state index contributed by atoms with van der Waals surface area (Å²) in [4.78, 5) is 11.0. The molecule has 1 unspecified atom stereocenters. The molecule has 2 aromatic heterocycles. The van der Waals surface area contributed by atoms with Gasteiger partial charge in [-0.25, -0.2) is 4.98 Å². The fourth-order valence-corrected chi connectivity index (χ4v) is 4.92. The minimum Gasteiger partial charge on any atom is -0.506 e. The van der Waals surface area contributed by atoms with Crippen LogP contribution in [0.5, 0.6) is 5.75 Å². The predicted molar refractivity (Wildman–Crippen MR) is 100 cm³/mol. The molecule has 7 heteroatoms. The van der Waals surface area contributed by atoms with Gasteiger partial charge in [0.05, 0.1) is 11.1 Å². The van der Waals surface area contributed by atoms with E-state index in [2.05, 4.69) is 22.2 Å². The van der Waals surface area contributed by atoms with Gasteiger partial charge in [0.15, 0.2) is 0 Å². The average molecular weight is 380 g/mol. The van der Waals surface area contributed by atoms with Crippen LogP contribution in [0.1, 0.15) is 23.8 Å². The van der Waals surface area contributed by atoms with Gasteiger partial charge in [0.2, 0.25) is 5.28 Å². The number of fused-ring (bicyclic) bond motifs is 3. The van der Waals surface area contributed by atoms with Crippen LogP contribution in [0.25, 0.3) is 10.2 Å². The standard InChI is InChI=1S/C17H15Cl2N3OS/c1-8-2-4-10-13(6-8)24-16-14(10)15(21-17(19)22-16)20-11-7-9(18)3-5-12(11)23/h3,5,7-8,23H,2,4,6H2,1H3,(H,20,21,22). The number of halogens is 2. The lowest BCUT2D eigenvalue weighted by Gasteiger charge is -2.18. The summed E-state index contributed by atoms with van der Waals surface area (Å²) in [6.45, 7) is 2.27. The first-order chi connectivity index (χ1) is 11.5. The maximum atomic E-state index is 10.1. The van der Waals surface area contributed by atoms with Crippen LogP contribution in [-0.2, 0) is 12.8 Å². The zero-order valence-electron chi connectivity index (χ0n) is 12.9. The highest BCUT2D eigenvalue weighted by Crippen LogP contribution is 2.41. The summed E-state index contributed by atoms with van der Waals surface area (Å²) >= 11 is 13.8. The molecule has 0 saturated carbocycles. The van der Waals surface area contributed by atoms with Gasteiger partial charge in [0.1, 0.15) is 16.4 Å². The molecule has 1 aliphatic carbocycles. The lowest BCUT2D eigenvalue weighted by atomic mass is 9.89. The van der Waals surface area contributed by atoms with Crippen molar-refractivity contribution < 1.29 is 5.11 Å². The van der Waals surface area contributed by atoms with Crippen molar-refractivity contribution in [3.05, 3.63) is 38.9 Å². The second-order valence-electron chi connectivity index (χ2n) is 6.16. The van der Waals surface area contributed by atoms with Crippen LogP contribution in [0.2, 0.25) is 10.3 Å². The third-order valence-corrected chi connectivity index (χ3v) is 5.89. The lowest BCUT2D eigenvalue weighted by molar-refractivity contribution is 0.478. The SMILES string of the molecule is CC1CCc2c(sc3nc(Cl)nc(Nc4cc(Cl)ccc4O)c23)C1. The molecule has 4 rings (SSSR count). The maximum absolute atomic E-state index is 10.1. The number of aryl methyl sites for hydroxylation is 1. The van der Waals surface area contributed by atoms with Crippen LogP contribution >= 0.6 is 34.5 Å². The van der Waals surface area contributed by atoms with E-state index in [4.69, 9.17) is 23.2 Å². The number of nitrogens with zero attached hydrogens (tertiary/aromatic N) is 2. The van der Waals surface area contributed by atoms with Gasteiger partial charge >= 0.3 is 0 Å². The normalized spacial score (nSPS) is 17.0. The van der Waals surface area contributed by atoms with Crippen molar-refractivity contribution >= 4 is 56.3 Å². The number of aromatic nitrogens is 2. The Balaban J connectivity index is 1.87. The van der Waals surface area contributed by atoms with E-state index < -0.39 is 0 Å². The number of benzene rings is 1. The molecule has 0 radical (unpaired) electrons. The van der Waals surface area contributed by atoms with E-state index >= 15 is 0 Å². The Hall–Kier alpha value is -1.56. The first-order valence-corrected chi connectivity index (χ1v) is 9.32. The number of hydrogen-bond acceptors (Lipinski definition) is 5. The highest BCUT2D eigenvalue weighted by molar-refractivity contribution is 7.19. The smallest absolute Gasteiger partial charge is 0.225 e. The lowest BCUT2D eigenvalue weighted by Crippen LogP contribution is -2.09. The van der Waals surface area contributed by atoms with Crippen LogP contribution in [-0.4, -0.2) is 15.1 Å². The molecule has 0 spiro atoms. The fourth-order valence-electron chi connectivity index (χ4n) is 3.14. The Morgan fingerprint density at radius 2 is 2.12 bits per heavy atom. The molecular weight excluding hydrogens is 365 g/mol. The van der Waals surface area contributed by atoms with Crippen molar-refractivity contribution in [1.29, 1.82) is 0 Å². The molecule has 2 N–H and O–H groups in total. The highest BCUT2D eigenvalue weighted by Gasteiger charge is 2.24. The highest BCUT2D eigenvalue weighted by atomic mass is 35.5. The minimum absolute atomic E-state index is 0.111. The van der Waals surface area contributed by atoms with Crippen molar-refractivity contribution in [2.75, 3.05) is 5.32 Å². The topological polar surface area (TPSA) is 58.0 Å². The molecule has 24 heavy (non-hydrogen) atoms. The molecule has 1 aromatic carbocycles. The van der Waals surface area contributed by atoms with E-state index in [1.54, 1.807) is 29.5 Å². The van der Waals surface area contributed by atoms with Crippen molar-refractivity contribution in [1.82, 2.24) is 9.97 Å². The summed E-state index contributed by atoms with van der Waals surface area (Å²) in [6.07, 6.45) is 3.23. The van der Waals surface area contributed by atoms with E-state index in [1.807, 2.05) is 0 Å². The second kappa shape index (κ2) is 6.06. The van der Waals surface area contributed by atoms with Gasteiger partial charge in [-0.3, -0.25) is 0 Å². The first kappa shape index (κ1) is 15.9. The molecule has 4 nitrogen and oxygen atoms in total. The van der Waals surface area contributed by atoms with Gasteiger partial charge in [-0.1, -0.05) is 18.5 Å². The molecule has 0 aliphatic heterocycles. The molecular formula is C17H15Cl2N3OS. The van der Waals surface area contributed by atoms with Gasteiger partial charge < -0.3 is 10.4 Å². The number of phenolic OH excluding ortho intramolecular Hbond substituents is 1. The third-order valence-electron chi connectivity index (χ3n) is 4.34. The summed E-state index contributed by atoms with van der Waals surface area (Å²) in [5.41, 5.74) is 1.80. The molecule has 2 heterocycles. The predicted octanol–water partition coefficient (Wildman–Crippen LogP) is 5.57. The quantitative estimate of drug-likeness (QED) is 0.451. The van der Waals surface area contributed by atoms with Crippen LogP contribution in [0.4, 0.5) is 11.5 Å². The molecule has 124 valence electrons. The number of nitrogens with one attached hydrogen (secondary N) is 1. The van der Waals surface area contributed by atoms with Crippen molar-refractivity contribution in [2.24, 2.45) is 5.92 Å². The molecule has 1 aliphatic rings. The Morgan fingerprint density at radius 1 is 1.29 bits per heavy atom. The third kappa shape index (κ3) is 2.81. The Bertz CT molecular complexity index is 941. The van der Waals surface area contributed by atoms with Gasteiger partial charge in [-0.05, 0) is 60.5 Å². The van der Waals surface area contributed by atoms with Crippen LogP contribution in [0.15, 0.2) is 18.2 Å². The van der Waals surface area contributed by atoms with Crippen LogP contribution in [0.3, 0.4) is 0 Å². The summed E-state index contributed by atoms with van der Waals surface area (Å²) in [6, 6.07) is 4.85. The Labute approximate surface area is 153 Å². The first-order valence-electron chi connectivity index (χ1n) is 7.74. The number of thiophene rings is 1. The summed E-state index contributed by atoms with van der Waals surface area (Å²) in [5.74, 6) is 1.41. The summed E-state index contributed by atoms with van der Waals surface area (Å²) in [5, 5.41) is 15.0. The largest absolute Gasteiger partial charge is 0.506 e. The monoisotopic (exact) mass is 379 g/mol. The summed E-state index contributed by atoms with van der Waals surface area (Å²) in [7, 11) is 0. The fraction of sp³-hybridized carbons (Fsp3) is 0.294. The second-order valence-corrected chi connectivity index (χ2v) is 8.02. The molecule has 0 bridgehead atoms. The maximum Gasteiger partial charge on any atom is 0.225 e. The number of rotatable bonds is 2. The van der Waals surface area contributed by atoms with E-state index in [1.165, 1.54) is 10.4 Å². The van der Waals surface area contributed by atoms with E-state index in [-0.39, 0.29) is 11.0 Å². The molecule has 1 atom stereocenters. The van der Waals surface area contributed by atoms with Crippen LogP contribution in [0, 0.1) is 5.92 Å². The van der Waals surface area contributed by atoms with Crippen LogP contribution < -0.4 is 5.32 Å². The van der Waals surface area contributed by atoms with Crippen molar-refractivity contribution in [3.63, 3.8) is 0 Å². The molecule has 0 fully saturated rings. The Kier molecular flexibility index (Phi) is 4.03. The van der Waals surface area contributed by atoms with E-state index in [0.29, 0.717) is 22.4 Å². The van der Waals surface area contributed by atoms with Gasteiger partial charge in [-0.15, -0.1) is 11.3 Å². The number of phenols is 1. The van der Waals surface area contributed by atoms with E-state index in [9.17, 15) is 5.11 Å². The van der Waals surface area contributed by atoms with Crippen molar-refractivity contribution in [2.45, 2.75) is 26.2 Å². The number of aromatic hydroxyl groups is 1. The van der Waals surface area contributed by atoms with Gasteiger partial charge in [0, 0.05) is 9.90 Å². The zero-order chi connectivity index (χ0) is 16.8. The van der Waals surface area contributed by atoms with Crippen molar-refractivity contribution in [3.8, 4) is 5.75 Å². The Morgan fingerprint density at radius 3 is 2.96 bits per heavy atom. The summed E-state index contributed by atoms with van der Waals surface area (Å²) < 4.78 is 0. The number of anilines is 2. The zero-order valence-corrected chi connectivity index (χ0v) is 15.3. The average Bonchev–Trinajstić information content (AvgIpc) is 2.87. The van der Waals surface area contributed by atoms with Gasteiger partial charge in [0.25, 0.3) is 0 Å².